The maximum Gasteiger partial charge on any atom is 0.265 e. The average molecular weight is 316 g/mol. The van der Waals surface area contributed by atoms with Crippen molar-refractivity contribution in [1.29, 1.82) is 0 Å². The van der Waals surface area contributed by atoms with Crippen LogP contribution in [-0.2, 0) is 9.59 Å². The number of anilines is 2. The third-order valence-electron chi connectivity index (χ3n) is 2.98. The summed E-state index contributed by atoms with van der Waals surface area (Å²) in [6.07, 6.45) is -0.859. The Kier molecular flexibility index (Phi) is 5.30. The topological polar surface area (TPSA) is 67.4 Å². The second kappa shape index (κ2) is 7.40. The van der Waals surface area contributed by atoms with Crippen molar-refractivity contribution in [2.75, 3.05) is 10.6 Å². The molecule has 2 rings (SSSR count). The SMILES string of the molecule is CC(=O)Nc1ccc(NC(=O)[C@@H](C)Oc2ccccc2F)cc1. The Morgan fingerprint density at radius 2 is 1.57 bits per heavy atom. The van der Waals surface area contributed by atoms with Gasteiger partial charge in [-0.3, -0.25) is 9.59 Å². The Morgan fingerprint density at radius 3 is 2.13 bits per heavy atom. The zero-order chi connectivity index (χ0) is 16.8. The molecular formula is C17H17FN2O3. The van der Waals surface area contributed by atoms with Crippen molar-refractivity contribution in [3.05, 3.63) is 54.3 Å². The highest BCUT2D eigenvalue weighted by molar-refractivity contribution is 5.94. The number of halogens is 1. The summed E-state index contributed by atoms with van der Waals surface area (Å²) < 4.78 is 18.8. The molecule has 0 aliphatic heterocycles. The molecule has 2 N–H and O–H groups in total. The van der Waals surface area contributed by atoms with Crippen LogP contribution in [0.4, 0.5) is 15.8 Å². The first-order valence-corrected chi connectivity index (χ1v) is 7.05. The van der Waals surface area contributed by atoms with E-state index in [0.29, 0.717) is 11.4 Å². The fourth-order valence-corrected chi connectivity index (χ4v) is 1.87. The van der Waals surface area contributed by atoms with Gasteiger partial charge in [-0.1, -0.05) is 12.1 Å². The highest BCUT2D eigenvalue weighted by Crippen LogP contribution is 2.18. The summed E-state index contributed by atoms with van der Waals surface area (Å²) in [5, 5.41) is 5.29. The quantitative estimate of drug-likeness (QED) is 0.890. The summed E-state index contributed by atoms with van der Waals surface area (Å²) in [6, 6.07) is 12.5. The van der Waals surface area contributed by atoms with Gasteiger partial charge >= 0.3 is 0 Å². The van der Waals surface area contributed by atoms with Crippen LogP contribution < -0.4 is 15.4 Å². The monoisotopic (exact) mass is 316 g/mol. The standard InChI is InChI=1S/C17H17FN2O3/c1-11(23-16-6-4-3-5-15(16)18)17(22)20-14-9-7-13(8-10-14)19-12(2)21/h3-11H,1-2H3,(H,19,21)(H,20,22)/t11-/m1/s1. The minimum absolute atomic E-state index is 0.0242. The minimum Gasteiger partial charge on any atom is -0.478 e. The zero-order valence-corrected chi connectivity index (χ0v) is 12.8. The van der Waals surface area contributed by atoms with E-state index in [9.17, 15) is 14.0 Å². The average Bonchev–Trinajstić information content (AvgIpc) is 2.51. The van der Waals surface area contributed by atoms with Crippen LogP contribution >= 0.6 is 0 Å². The summed E-state index contributed by atoms with van der Waals surface area (Å²) >= 11 is 0. The van der Waals surface area contributed by atoms with Gasteiger partial charge in [0.1, 0.15) is 0 Å². The van der Waals surface area contributed by atoms with Gasteiger partial charge in [-0.15, -0.1) is 0 Å². The van der Waals surface area contributed by atoms with Crippen molar-refractivity contribution in [2.24, 2.45) is 0 Å². The van der Waals surface area contributed by atoms with E-state index in [-0.39, 0.29) is 11.7 Å². The highest BCUT2D eigenvalue weighted by Gasteiger charge is 2.16. The predicted molar refractivity (Wildman–Crippen MR) is 85.9 cm³/mol. The van der Waals surface area contributed by atoms with Gasteiger partial charge in [0.15, 0.2) is 17.7 Å². The van der Waals surface area contributed by atoms with Gasteiger partial charge in [-0.05, 0) is 43.3 Å². The van der Waals surface area contributed by atoms with Crippen molar-refractivity contribution < 1.29 is 18.7 Å². The molecule has 0 fully saturated rings. The van der Waals surface area contributed by atoms with Gasteiger partial charge in [-0.25, -0.2) is 4.39 Å². The molecule has 0 radical (unpaired) electrons. The number of hydrogen-bond donors (Lipinski definition) is 2. The summed E-state index contributed by atoms with van der Waals surface area (Å²) in [5.74, 6) is -1.07. The van der Waals surface area contributed by atoms with Crippen LogP contribution in [0.3, 0.4) is 0 Å². The van der Waals surface area contributed by atoms with Gasteiger partial charge in [0.2, 0.25) is 5.91 Å². The first kappa shape index (κ1) is 16.5. The minimum atomic E-state index is -0.859. The van der Waals surface area contributed by atoms with Crippen molar-refractivity contribution in [1.82, 2.24) is 0 Å². The maximum absolute atomic E-state index is 13.5. The Morgan fingerprint density at radius 1 is 1.00 bits per heavy atom. The smallest absolute Gasteiger partial charge is 0.265 e. The second-order valence-corrected chi connectivity index (χ2v) is 4.94. The number of hydrogen-bond acceptors (Lipinski definition) is 3. The zero-order valence-electron chi connectivity index (χ0n) is 12.8. The lowest BCUT2D eigenvalue weighted by Crippen LogP contribution is -2.30. The van der Waals surface area contributed by atoms with Gasteiger partial charge in [0, 0.05) is 18.3 Å². The molecule has 0 unspecified atom stereocenters. The van der Waals surface area contributed by atoms with E-state index >= 15 is 0 Å². The summed E-state index contributed by atoms with van der Waals surface area (Å²) in [7, 11) is 0. The highest BCUT2D eigenvalue weighted by atomic mass is 19.1. The summed E-state index contributed by atoms with van der Waals surface area (Å²) in [4.78, 5) is 23.0. The molecule has 2 aromatic carbocycles. The van der Waals surface area contributed by atoms with Gasteiger partial charge in [-0.2, -0.15) is 0 Å². The van der Waals surface area contributed by atoms with Crippen LogP contribution in [0.2, 0.25) is 0 Å². The number of rotatable bonds is 5. The number of amides is 2. The van der Waals surface area contributed by atoms with Crippen molar-refractivity contribution in [2.45, 2.75) is 20.0 Å². The van der Waals surface area contributed by atoms with Crippen LogP contribution in [0, 0.1) is 5.82 Å². The Bertz CT molecular complexity index is 701. The number of ether oxygens (including phenoxy) is 1. The van der Waals surface area contributed by atoms with E-state index in [4.69, 9.17) is 4.74 Å². The second-order valence-electron chi connectivity index (χ2n) is 4.94. The van der Waals surface area contributed by atoms with E-state index in [2.05, 4.69) is 10.6 Å². The maximum atomic E-state index is 13.5. The molecule has 120 valence electrons. The molecule has 0 saturated carbocycles. The third-order valence-corrected chi connectivity index (χ3v) is 2.98. The molecule has 0 aromatic heterocycles. The molecule has 2 aromatic rings. The van der Waals surface area contributed by atoms with Crippen molar-refractivity contribution in [3.8, 4) is 5.75 Å². The molecule has 0 aliphatic rings. The lowest BCUT2D eigenvalue weighted by molar-refractivity contribution is -0.122. The lowest BCUT2D eigenvalue weighted by atomic mass is 10.2. The molecule has 0 bridgehead atoms. The number of carbonyl (C=O) groups is 2. The Hall–Kier alpha value is -2.89. The molecule has 5 nitrogen and oxygen atoms in total. The van der Waals surface area contributed by atoms with Gasteiger partial charge < -0.3 is 15.4 Å². The van der Waals surface area contributed by atoms with Crippen LogP contribution in [-0.4, -0.2) is 17.9 Å². The lowest BCUT2D eigenvalue weighted by Gasteiger charge is -2.15. The molecule has 23 heavy (non-hydrogen) atoms. The first-order valence-electron chi connectivity index (χ1n) is 7.05. The summed E-state index contributed by atoms with van der Waals surface area (Å²) in [5.41, 5.74) is 1.18. The van der Waals surface area contributed by atoms with E-state index in [1.54, 1.807) is 36.4 Å². The molecule has 0 aliphatic carbocycles. The molecule has 0 heterocycles. The molecule has 2 amide bonds. The van der Waals surface area contributed by atoms with E-state index in [0.717, 1.165) is 0 Å². The van der Waals surface area contributed by atoms with E-state index in [1.807, 2.05) is 0 Å². The number of para-hydroxylation sites is 1. The fourth-order valence-electron chi connectivity index (χ4n) is 1.87. The van der Waals surface area contributed by atoms with Gasteiger partial charge in [0.25, 0.3) is 5.91 Å². The molecule has 6 heteroatoms. The van der Waals surface area contributed by atoms with Crippen molar-refractivity contribution >= 4 is 23.2 Å². The number of carbonyl (C=O) groups excluding carboxylic acids is 2. The van der Waals surface area contributed by atoms with Gasteiger partial charge in [0.05, 0.1) is 0 Å². The number of nitrogens with one attached hydrogen (secondary N) is 2. The fraction of sp³-hybridized carbons (Fsp3) is 0.176. The summed E-state index contributed by atoms with van der Waals surface area (Å²) in [6.45, 7) is 2.95. The van der Waals surface area contributed by atoms with Crippen LogP contribution in [0.1, 0.15) is 13.8 Å². The Balaban J connectivity index is 1.95. The molecular weight excluding hydrogens is 299 g/mol. The molecule has 0 saturated heterocycles. The van der Waals surface area contributed by atoms with E-state index in [1.165, 1.54) is 26.0 Å². The van der Waals surface area contributed by atoms with Crippen LogP contribution in [0.15, 0.2) is 48.5 Å². The third kappa shape index (κ3) is 4.81. The predicted octanol–water partition coefficient (Wildman–Crippen LogP) is 3.19. The first-order chi connectivity index (χ1) is 11.0. The van der Waals surface area contributed by atoms with Crippen molar-refractivity contribution in [3.63, 3.8) is 0 Å². The molecule has 1 atom stereocenters. The normalized spacial score (nSPS) is 11.4. The largest absolute Gasteiger partial charge is 0.478 e. The van der Waals surface area contributed by atoms with Crippen LogP contribution in [0.25, 0.3) is 0 Å². The molecule has 0 spiro atoms. The number of benzene rings is 2. The van der Waals surface area contributed by atoms with E-state index < -0.39 is 17.8 Å². The van der Waals surface area contributed by atoms with Crippen LogP contribution in [0.5, 0.6) is 5.75 Å². The Labute approximate surface area is 133 Å².